The van der Waals surface area contributed by atoms with Gasteiger partial charge >= 0.3 is 6.09 Å². The highest BCUT2D eigenvalue weighted by molar-refractivity contribution is 5.69. The number of anilines is 1. The predicted molar refractivity (Wildman–Crippen MR) is 139 cm³/mol. The predicted octanol–water partition coefficient (Wildman–Crippen LogP) is 3.95. The number of aromatic nitrogens is 5. The van der Waals surface area contributed by atoms with Gasteiger partial charge < -0.3 is 24.0 Å². The maximum Gasteiger partial charge on any atom is 0.407 e. The van der Waals surface area contributed by atoms with Crippen LogP contribution in [0.25, 0.3) is 16.9 Å². The van der Waals surface area contributed by atoms with Gasteiger partial charge in [0.25, 0.3) is 0 Å². The summed E-state index contributed by atoms with van der Waals surface area (Å²) in [6.07, 6.45) is 6.04. The molecule has 0 radical (unpaired) electrons. The van der Waals surface area contributed by atoms with Crippen LogP contribution in [0.3, 0.4) is 0 Å². The molecular weight excluding hydrogens is 474 g/mol. The van der Waals surface area contributed by atoms with E-state index >= 15 is 0 Å². The van der Waals surface area contributed by atoms with Crippen molar-refractivity contribution in [3.63, 3.8) is 0 Å². The van der Waals surface area contributed by atoms with Crippen LogP contribution in [0.2, 0.25) is 0 Å². The van der Waals surface area contributed by atoms with Crippen molar-refractivity contribution in [3.05, 3.63) is 43.1 Å². The Balaban J connectivity index is 1.64. The molecule has 0 bridgehead atoms. The van der Waals surface area contributed by atoms with E-state index in [9.17, 15) is 9.90 Å². The molecule has 3 heterocycles. The molecule has 1 aliphatic rings. The zero-order valence-electron chi connectivity index (χ0n) is 22.2. The van der Waals surface area contributed by atoms with Gasteiger partial charge in [-0.05, 0) is 23.5 Å². The Morgan fingerprint density at radius 1 is 1.22 bits per heavy atom. The van der Waals surface area contributed by atoms with Crippen molar-refractivity contribution in [1.82, 2.24) is 29.6 Å². The molecule has 11 nitrogen and oxygen atoms in total. The average Bonchev–Trinajstić information content (AvgIpc) is 3.41. The normalized spacial score (nSPS) is 18.4. The van der Waals surface area contributed by atoms with E-state index in [0.717, 1.165) is 11.3 Å². The van der Waals surface area contributed by atoms with Gasteiger partial charge in [-0.3, -0.25) is 4.90 Å². The summed E-state index contributed by atoms with van der Waals surface area (Å²) in [7, 11) is 1.56. The standard InChI is InChI=1S/C26H35N7O4/c1-18(2)26(25(3,4)5)15-31(11-12-33(26)24(34)35)23-28-14-21(29-30-23)20-8-7-19(32-10-9-27-16-32)13-22(20)37-17-36-6/h7-10,13-14,16,18H,11-12,15,17H2,1-6H3,(H,34,35)/t26-/m0/s1. The molecule has 1 fully saturated rings. The minimum Gasteiger partial charge on any atom is -0.467 e. The lowest BCUT2D eigenvalue weighted by Crippen LogP contribution is -2.71. The lowest BCUT2D eigenvalue weighted by atomic mass is 9.65. The molecule has 1 atom stereocenters. The maximum atomic E-state index is 12.2. The van der Waals surface area contributed by atoms with Gasteiger partial charge in [-0.2, -0.15) is 0 Å². The fraction of sp³-hybridized carbons (Fsp3) is 0.500. The second-order valence-electron chi connectivity index (χ2n) is 10.5. The van der Waals surface area contributed by atoms with Crippen molar-refractivity contribution in [2.24, 2.45) is 11.3 Å². The van der Waals surface area contributed by atoms with E-state index in [1.165, 1.54) is 0 Å². The number of nitrogens with zero attached hydrogens (tertiary/aromatic N) is 7. The van der Waals surface area contributed by atoms with E-state index in [-0.39, 0.29) is 18.1 Å². The van der Waals surface area contributed by atoms with Gasteiger partial charge in [0.05, 0.1) is 23.8 Å². The van der Waals surface area contributed by atoms with Gasteiger partial charge in [-0.15, -0.1) is 10.2 Å². The largest absolute Gasteiger partial charge is 0.467 e. The first kappa shape index (κ1) is 26.3. The number of ether oxygens (including phenoxy) is 2. The van der Waals surface area contributed by atoms with Gasteiger partial charge in [0.15, 0.2) is 6.79 Å². The Hall–Kier alpha value is -3.73. The van der Waals surface area contributed by atoms with Crippen LogP contribution in [0, 0.1) is 11.3 Å². The first-order chi connectivity index (χ1) is 17.6. The van der Waals surface area contributed by atoms with Gasteiger partial charge in [0.1, 0.15) is 11.4 Å². The number of carbonyl (C=O) groups is 1. The van der Waals surface area contributed by atoms with Gasteiger partial charge in [0.2, 0.25) is 5.95 Å². The molecule has 0 spiro atoms. The lowest BCUT2D eigenvalue weighted by Gasteiger charge is -2.58. The molecule has 4 rings (SSSR count). The number of hydrogen-bond acceptors (Lipinski definition) is 8. The van der Waals surface area contributed by atoms with Crippen LogP contribution >= 0.6 is 0 Å². The van der Waals surface area contributed by atoms with Crippen LogP contribution in [0.5, 0.6) is 5.75 Å². The fourth-order valence-electron chi connectivity index (χ4n) is 5.39. The maximum absolute atomic E-state index is 12.2. The van der Waals surface area contributed by atoms with E-state index < -0.39 is 11.6 Å². The first-order valence-corrected chi connectivity index (χ1v) is 12.3. The highest BCUT2D eigenvalue weighted by Crippen LogP contribution is 2.44. The number of carboxylic acid groups (broad SMARTS) is 1. The number of hydrogen-bond donors (Lipinski definition) is 1. The summed E-state index contributed by atoms with van der Waals surface area (Å²) in [6.45, 7) is 11.8. The molecule has 2 aromatic heterocycles. The van der Waals surface area contributed by atoms with Crippen LogP contribution in [0.15, 0.2) is 43.1 Å². The number of imidazole rings is 1. The van der Waals surface area contributed by atoms with Crippen molar-refractivity contribution in [3.8, 4) is 22.7 Å². The van der Waals surface area contributed by atoms with Crippen LogP contribution in [-0.4, -0.2) is 79.9 Å². The summed E-state index contributed by atoms with van der Waals surface area (Å²) < 4.78 is 12.8. The van der Waals surface area contributed by atoms with E-state index in [1.807, 2.05) is 33.9 Å². The molecule has 1 saturated heterocycles. The van der Waals surface area contributed by atoms with E-state index in [1.54, 1.807) is 30.7 Å². The third kappa shape index (κ3) is 4.95. The number of piperazine rings is 1. The fourth-order valence-corrected chi connectivity index (χ4v) is 5.39. The molecule has 1 aromatic carbocycles. The summed E-state index contributed by atoms with van der Waals surface area (Å²) in [5.74, 6) is 1.13. The quantitative estimate of drug-likeness (QED) is 0.472. The smallest absolute Gasteiger partial charge is 0.407 e. The monoisotopic (exact) mass is 509 g/mol. The second-order valence-corrected chi connectivity index (χ2v) is 10.5. The topological polar surface area (TPSA) is 119 Å². The molecule has 0 saturated carbocycles. The van der Waals surface area contributed by atoms with Gasteiger partial charge in [-0.25, -0.2) is 14.8 Å². The van der Waals surface area contributed by atoms with Crippen LogP contribution in [-0.2, 0) is 4.74 Å². The van der Waals surface area contributed by atoms with Crippen molar-refractivity contribution in [1.29, 1.82) is 0 Å². The molecule has 0 aliphatic carbocycles. The van der Waals surface area contributed by atoms with E-state index in [0.29, 0.717) is 37.0 Å². The minimum atomic E-state index is -0.902. The number of methoxy groups -OCH3 is 1. The van der Waals surface area contributed by atoms with Crippen molar-refractivity contribution in [2.45, 2.75) is 40.2 Å². The number of rotatable bonds is 7. The second kappa shape index (κ2) is 10.3. The first-order valence-electron chi connectivity index (χ1n) is 12.3. The molecule has 1 amide bonds. The summed E-state index contributed by atoms with van der Waals surface area (Å²) in [6, 6.07) is 5.73. The Bertz CT molecular complexity index is 1210. The third-order valence-electron chi connectivity index (χ3n) is 7.20. The van der Waals surface area contributed by atoms with Crippen LogP contribution in [0.1, 0.15) is 34.6 Å². The average molecular weight is 510 g/mol. The Morgan fingerprint density at radius 2 is 2.00 bits per heavy atom. The van der Waals surface area contributed by atoms with Gasteiger partial charge in [-0.1, -0.05) is 34.6 Å². The zero-order chi connectivity index (χ0) is 26.8. The van der Waals surface area contributed by atoms with E-state index in [2.05, 4.69) is 54.8 Å². The third-order valence-corrected chi connectivity index (χ3v) is 7.20. The van der Waals surface area contributed by atoms with Crippen molar-refractivity contribution >= 4 is 12.0 Å². The molecule has 3 aromatic rings. The van der Waals surface area contributed by atoms with Crippen LogP contribution in [0.4, 0.5) is 10.7 Å². The summed E-state index contributed by atoms with van der Waals surface area (Å²) in [5, 5.41) is 18.9. The molecule has 1 N–H and O–H groups in total. The minimum absolute atomic E-state index is 0.0770. The lowest BCUT2D eigenvalue weighted by molar-refractivity contribution is -0.0379. The molecule has 11 heteroatoms. The van der Waals surface area contributed by atoms with Gasteiger partial charge in [0, 0.05) is 50.8 Å². The number of amides is 1. The molecule has 198 valence electrons. The molecule has 1 aliphatic heterocycles. The summed E-state index contributed by atoms with van der Waals surface area (Å²) >= 11 is 0. The Kier molecular flexibility index (Phi) is 7.35. The van der Waals surface area contributed by atoms with Crippen molar-refractivity contribution < 1.29 is 19.4 Å². The molecule has 37 heavy (non-hydrogen) atoms. The Morgan fingerprint density at radius 3 is 2.57 bits per heavy atom. The van der Waals surface area contributed by atoms with Crippen LogP contribution < -0.4 is 9.64 Å². The Labute approximate surface area is 217 Å². The van der Waals surface area contributed by atoms with E-state index in [4.69, 9.17) is 9.47 Å². The molecule has 0 unspecified atom stereocenters. The van der Waals surface area contributed by atoms with Crippen molar-refractivity contribution in [2.75, 3.05) is 38.4 Å². The SMILES string of the molecule is COCOc1cc(-n2ccnc2)ccc1-c1cnc(N2CCN(C(=O)O)[C@@](C(C)C)(C(C)(C)C)C2)nn1. The molecular formula is C26H35N7O4. The highest BCUT2D eigenvalue weighted by Gasteiger charge is 2.54. The summed E-state index contributed by atoms with van der Waals surface area (Å²) in [5.41, 5.74) is 1.24. The number of benzene rings is 1. The highest BCUT2D eigenvalue weighted by atomic mass is 16.7. The summed E-state index contributed by atoms with van der Waals surface area (Å²) in [4.78, 5) is 24.6. The zero-order valence-corrected chi connectivity index (χ0v) is 22.2.